The van der Waals surface area contributed by atoms with Gasteiger partial charge in [-0.25, -0.2) is 18.4 Å². The lowest BCUT2D eigenvalue weighted by molar-refractivity contribution is 0.217. The second-order valence-corrected chi connectivity index (χ2v) is 6.89. The van der Waals surface area contributed by atoms with Crippen molar-refractivity contribution in [2.24, 2.45) is 0 Å². The van der Waals surface area contributed by atoms with E-state index in [4.69, 9.17) is 4.42 Å². The minimum absolute atomic E-state index is 0.271. The van der Waals surface area contributed by atoms with Crippen molar-refractivity contribution in [3.05, 3.63) is 40.0 Å². The molecule has 0 amide bonds. The molecule has 0 aromatic carbocycles. The van der Waals surface area contributed by atoms with Crippen LogP contribution in [0.5, 0.6) is 0 Å². The highest BCUT2D eigenvalue weighted by Crippen LogP contribution is 2.16. The first-order chi connectivity index (χ1) is 9.93. The molecule has 3 rings (SSSR count). The Hall–Kier alpha value is -2.00. The number of nitrogens with one attached hydrogen (secondary N) is 1. The number of fused-ring (bicyclic) bond motifs is 1. The average Bonchev–Trinajstić information content (AvgIpc) is 2.91. The molecule has 1 aliphatic heterocycles. The molecule has 0 saturated heterocycles. The third kappa shape index (κ3) is 2.88. The zero-order chi connectivity index (χ0) is 15.0. The molecule has 3 heterocycles. The van der Waals surface area contributed by atoms with Gasteiger partial charge in [0, 0.05) is 25.8 Å². The summed E-state index contributed by atoms with van der Waals surface area (Å²) in [5.41, 5.74) is 0.639. The fraction of sp³-hybridized carbons (Fsp3) is 0.417. The Morgan fingerprint density at radius 3 is 2.95 bits per heavy atom. The molecule has 8 nitrogen and oxygen atoms in total. The molecule has 0 bridgehead atoms. The Morgan fingerprint density at radius 1 is 1.48 bits per heavy atom. The second-order valence-electron chi connectivity index (χ2n) is 4.95. The Labute approximate surface area is 120 Å². The molecule has 0 saturated carbocycles. The predicted octanol–water partition coefficient (Wildman–Crippen LogP) is -0.280. The summed E-state index contributed by atoms with van der Waals surface area (Å²) in [4.78, 5) is 24.5. The Balaban J connectivity index is 1.88. The summed E-state index contributed by atoms with van der Waals surface area (Å²) in [5, 5.41) is -0.271. The predicted molar refractivity (Wildman–Crippen MR) is 72.3 cm³/mol. The molecule has 2 aromatic heterocycles. The molecule has 0 radical (unpaired) electrons. The molecule has 0 atom stereocenters. The van der Waals surface area contributed by atoms with Crippen molar-refractivity contribution in [3.63, 3.8) is 0 Å². The van der Waals surface area contributed by atoms with Crippen LogP contribution in [-0.4, -0.2) is 41.1 Å². The molecular formula is C12H14N4O4S. The van der Waals surface area contributed by atoms with E-state index in [1.807, 2.05) is 4.90 Å². The van der Waals surface area contributed by atoms with Gasteiger partial charge in [-0.05, 0) is 0 Å². The molecule has 2 aromatic rings. The summed E-state index contributed by atoms with van der Waals surface area (Å²) in [5.74, 6) is 0.579. The Kier molecular flexibility index (Phi) is 3.38. The molecule has 0 aliphatic carbocycles. The maximum absolute atomic E-state index is 12.1. The van der Waals surface area contributed by atoms with Gasteiger partial charge in [-0.2, -0.15) is 0 Å². The van der Waals surface area contributed by atoms with E-state index >= 15 is 0 Å². The van der Waals surface area contributed by atoms with Crippen molar-refractivity contribution in [2.45, 2.75) is 24.7 Å². The van der Waals surface area contributed by atoms with E-state index in [1.54, 1.807) is 6.20 Å². The number of aromatic nitrogens is 3. The van der Waals surface area contributed by atoms with E-state index < -0.39 is 15.4 Å². The molecule has 0 fully saturated rings. The smallest absolute Gasteiger partial charge is 0.256 e. The third-order valence-electron chi connectivity index (χ3n) is 3.32. The van der Waals surface area contributed by atoms with Crippen LogP contribution in [0.15, 0.2) is 26.8 Å². The maximum Gasteiger partial charge on any atom is 0.256 e. The largest absolute Gasteiger partial charge is 0.448 e. The highest BCUT2D eigenvalue weighted by Gasteiger charge is 2.24. The monoisotopic (exact) mass is 310 g/mol. The van der Waals surface area contributed by atoms with Gasteiger partial charge in [-0.3, -0.25) is 14.7 Å². The van der Waals surface area contributed by atoms with E-state index in [0.29, 0.717) is 43.2 Å². The Bertz CT molecular complexity index is 810. The van der Waals surface area contributed by atoms with Gasteiger partial charge in [0.05, 0.1) is 24.0 Å². The van der Waals surface area contributed by atoms with Gasteiger partial charge in [0.15, 0.2) is 0 Å². The summed E-state index contributed by atoms with van der Waals surface area (Å²) >= 11 is 0. The number of H-pyrrole nitrogens is 1. The molecule has 1 aliphatic rings. The van der Waals surface area contributed by atoms with Crippen molar-refractivity contribution in [1.29, 1.82) is 0 Å². The summed E-state index contributed by atoms with van der Waals surface area (Å²) in [7, 11) is -3.52. The molecular weight excluding hydrogens is 296 g/mol. The highest BCUT2D eigenvalue weighted by molar-refractivity contribution is 7.90. The lowest BCUT2D eigenvalue weighted by Crippen LogP contribution is -2.36. The second kappa shape index (κ2) is 5.08. The van der Waals surface area contributed by atoms with E-state index in [1.165, 1.54) is 6.26 Å². The van der Waals surface area contributed by atoms with Crippen LogP contribution in [0.3, 0.4) is 0 Å². The van der Waals surface area contributed by atoms with Crippen molar-refractivity contribution < 1.29 is 12.8 Å². The first kappa shape index (κ1) is 14.0. The molecule has 0 unspecified atom stereocenters. The fourth-order valence-corrected chi connectivity index (χ4v) is 2.85. The molecule has 9 heteroatoms. The zero-order valence-electron chi connectivity index (χ0n) is 11.4. The van der Waals surface area contributed by atoms with Crippen LogP contribution in [0, 0.1) is 0 Å². The SMILES string of the molecule is CS(=O)(=O)c1nc2c(c(=O)[nH]1)CN(Cc1ncco1)CC2. The van der Waals surface area contributed by atoms with Crippen LogP contribution in [-0.2, 0) is 29.3 Å². The van der Waals surface area contributed by atoms with E-state index in [9.17, 15) is 13.2 Å². The minimum atomic E-state index is -3.52. The molecule has 0 spiro atoms. The first-order valence-electron chi connectivity index (χ1n) is 6.36. The van der Waals surface area contributed by atoms with Crippen LogP contribution in [0.4, 0.5) is 0 Å². The van der Waals surface area contributed by atoms with Gasteiger partial charge >= 0.3 is 0 Å². The van der Waals surface area contributed by atoms with Gasteiger partial charge in [0.25, 0.3) is 5.56 Å². The van der Waals surface area contributed by atoms with Gasteiger partial charge < -0.3 is 4.42 Å². The molecule has 112 valence electrons. The quantitative estimate of drug-likeness (QED) is 0.776. The number of hydrogen-bond donors (Lipinski definition) is 1. The van der Waals surface area contributed by atoms with Crippen LogP contribution < -0.4 is 5.56 Å². The van der Waals surface area contributed by atoms with Crippen molar-refractivity contribution >= 4 is 9.84 Å². The van der Waals surface area contributed by atoms with Crippen molar-refractivity contribution in [3.8, 4) is 0 Å². The number of oxazole rings is 1. The lowest BCUT2D eigenvalue weighted by atomic mass is 10.1. The van der Waals surface area contributed by atoms with E-state index in [0.717, 1.165) is 6.26 Å². The van der Waals surface area contributed by atoms with Gasteiger partial charge in [0.2, 0.25) is 20.9 Å². The van der Waals surface area contributed by atoms with Crippen LogP contribution >= 0.6 is 0 Å². The zero-order valence-corrected chi connectivity index (χ0v) is 12.2. The Morgan fingerprint density at radius 2 is 2.29 bits per heavy atom. The third-order valence-corrected chi connectivity index (χ3v) is 4.22. The molecule has 1 N–H and O–H groups in total. The van der Waals surface area contributed by atoms with E-state index in [2.05, 4.69) is 15.0 Å². The number of sulfone groups is 1. The van der Waals surface area contributed by atoms with Crippen LogP contribution in [0.1, 0.15) is 17.1 Å². The van der Waals surface area contributed by atoms with Crippen molar-refractivity contribution in [2.75, 3.05) is 12.8 Å². The average molecular weight is 310 g/mol. The normalized spacial score (nSPS) is 15.9. The minimum Gasteiger partial charge on any atom is -0.448 e. The van der Waals surface area contributed by atoms with E-state index in [-0.39, 0.29) is 5.16 Å². The maximum atomic E-state index is 12.1. The van der Waals surface area contributed by atoms with Crippen molar-refractivity contribution in [1.82, 2.24) is 19.9 Å². The highest BCUT2D eigenvalue weighted by atomic mass is 32.2. The van der Waals surface area contributed by atoms with Gasteiger partial charge in [-0.1, -0.05) is 0 Å². The summed E-state index contributed by atoms with van der Waals surface area (Å²) in [6.07, 6.45) is 4.61. The van der Waals surface area contributed by atoms with Crippen LogP contribution in [0.25, 0.3) is 0 Å². The summed E-state index contributed by atoms with van der Waals surface area (Å²) < 4.78 is 28.2. The van der Waals surface area contributed by atoms with Gasteiger partial charge in [0.1, 0.15) is 6.26 Å². The first-order valence-corrected chi connectivity index (χ1v) is 8.25. The topological polar surface area (TPSA) is 109 Å². The fourth-order valence-electron chi connectivity index (χ4n) is 2.29. The van der Waals surface area contributed by atoms with Gasteiger partial charge in [-0.15, -0.1) is 0 Å². The summed E-state index contributed by atoms with van der Waals surface area (Å²) in [6, 6.07) is 0. The molecule has 21 heavy (non-hydrogen) atoms. The number of rotatable bonds is 3. The number of aromatic amines is 1. The lowest BCUT2D eigenvalue weighted by Gasteiger charge is -2.26. The number of hydrogen-bond acceptors (Lipinski definition) is 7. The summed E-state index contributed by atoms with van der Waals surface area (Å²) in [6.45, 7) is 1.55. The number of nitrogens with zero attached hydrogens (tertiary/aromatic N) is 3. The van der Waals surface area contributed by atoms with Crippen LogP contribution in [0.2, 0.25) is 0 Å². The standard InChI is InChI=1S/C12H14N4O4S/c1-21(18,19)12-14-9-2-4-16(6-8(9)11(17)15-12)7-10-13-3-5-20-10/h3,5H,2,4,6-7H2,1H3,(H,14,15,17).